The van der Waals surface area contributed by atoms with Gasteiger partial charge in [0.05, 0.1) is 18.4 Å². The highest BCUT2D eigenvalue weighted by molar-refractivity contribution is 7.99. The molecule has 0 aliphatic carbocycles. The van der Waals surface area contributed by atoms with Crippen molar-refractivity contribution in [1.82, 2.24) is 25.1 Å². The monoisotopic (exact) mass is 397 g/mol. The second-order valence-electron chi connectivity index (χ2n) is 5.85. The van der Waals surface area contributed by atoms with Crippen LogP contribution in [0.5, 0.6) is 0 Å². The van der Waals surface area contributed by atoms with Gasteiger partial charge < -0.3 is 14.6 Å². The van der Waals surface area contributed by atoms with E-state index in [0.717, 1.165) is 17.0 Å². The Labute approximate surface area is 166 Å². The third-order valence-electron chi connectivity index (χ3n) is 3.97. The number of rotatable bonds is 7. The van der Waals surface area contributed by atoms with E-state index in [2.05, 4.69) is 25.2 Å². The summed E-state index contributed by atoms with van der Waals surface area (Å²) in [5.74, 6) is 0.441. The molecule has 0 aliphatic rings. The Morgan fingerprint density at radius 1 is 1.11 bits per heavy atom. The van der Waals surface area contributed by atoms with Crippen LogP contribution in [0.4, 0.5) is 0 Å². The molecule has 9 heteroatoms. The molecule has 0 bridgehead atoms. The van der Waals surface area contributed by atoms with Crippen LogP contribution in [-0.2, 0) is 23.1 Å². The van der Waals surface area contributed by atoms with E-state index in [9.17, 15) is 9.59 Å². The van der Waals surface area contributed by atoms with Crippen LogP contribution in [0.15, 0.2) is 53.9 Å². The number of benzene rings is 1. The molecule has 3 aromatic rings. The van der Waals surface area contributed by atoms with Gasteiger partial charge in [-0.1, -0.05) is 23.9 Å². The quantitative estimate of drug-likeness (QED) is 0.481. The van der Waals surface area contributed by atoms with E-state index in [0.29, 0.717) is 17.3 Å². The first-order valence-electron chi connectivity index (χ1n) is 8.45. The van der Waals surface area contributed by atoms with E-state index in [1.165, 1.54) is 18.9 Å². The second kappa shape index (κ2) is 9.14. The summed E-state index contributed by atoms with van der Waals surface area (Å²) < 4.78 is 6.51. The number of methoxy groups -OCH3 is 1. The van der Waals surface area contributed by atoms with Gasteiger partial charge in [0.2, 0.25) is 5.91 Å². The number of hydrogen-bond donors (Lipinski definition) is 1. The summed E-state index contributed by atoms with van der Waals surface area (Å²) in [6.45, 7) is 0.377. The van der Waals surface area contributed by atoms with E-state index < -0.39 is 0 Å². The maximum Gasteiger partial charge on any atom is 0.337 e. The molecule has 8 nitrogen and oxygen atoms in total. The van der Waals surface area contributed by atoms with Gasteiger partial charge in [-0.15, -0.1) is 10.2 Å². The third kappa shape index (κ3) is 4.74. The Balaban J connectivity index is 1.51. The van der Waals surface area contributed by atoms with Crippen LogP contribution in [0, 0.1) is 0 Å². The molecule has 1 aromatic carbocycles. The summed E-state index contributed by atoms with van der Waals surface area (Å²) in [4.78, 5) is 27.5. The lowest BCUT2D eigenvalue weighted by atomic mass is 10.1. The zero-order valence-electron chi connectivity index (χ0n) is 15.5. The summed E-state index contributed by atoms with van der Waals surface area (Å²) in [5, 5.41) is 11.8. The number of amides is 1. The Morgan fingerprint density at radius 3 is 2.50 bits per heavy atom. The van der Waals surface area contributed by atoms with E-state index in [4.69, 9.17) is 0 Å². The number of pyridine rings is 1. The number of ether oxygens (including phenoxy) is 1. The van der Waals surface area contributed by atoms with E-state index in [1.807, 2.05) is 23.7 Å². The molecule has 2 aromatic heterocycles. The first kappa shape index (κ1) is 19.6. The van der Waals surface area contributed by atoms with Gasteiger partial charge in [0.15, 0.2) is 11.0 Å². The lowest BCUT2D eigenvalue weighted by molar-refractivity contribution is -0.118. The zero-order chi connectivity index (χ0) is 19.9. The fraction of sp³-hybridized carbons (Fsp3) is 0.211. The van der Waals surface area contributed by atoms with Gasteiger partial charge in [0.25, 0.3) is 0 Å². The molecule has 0 saturated heterocycles. The first-order chi connectivity index (χ1) is 13.6. The van der Waals surface area contributed by atoms with Crippen LogP contribution in [0.2, 0.25) is 0 Å². The van der Waals surface area contributed by atoms with Crippen molar-refractivity contribution in [2.75, 3.05) is 12.9 Å². The van der Waals surface area contributed by atoms with Crippen LogP contribution < -0.4 is 5.32 Å². The summed E-state index contributed by atoms with van der Waals surface area (Å²) >= 11 is 1.32. The van der Waals surface area contributed by atoms with Crippen molar-refractivity contribution in [3.63, 3.8) is 0 Å². The highest BCUT2D eigenvalue weighted by Crippen LogP contribution is 2.21. The molecule has 1 N–H and O–H groups in total. The van der Waals surface area contributed by atoms with Crippen molar-refractivity contribution in [2.45, 2.75) is 11.7 Å². The molecule has 0 fully saturated rings. The van der Waals surface area contributed by atoms with Crippen LogP contribution >= 0.6 is 11.8 Å². The Hall–Kier alpha value is -3.20. The molecule has 0 atom stereocenters. The minimum Gasteiger partial charge on any atom is -0.465 e. The fourth-order valence-electron chi connectivity index (χ4n) is 2.45. The van der Waals surface area contributed by atoms with Crippen molar-refractivity contribution in [1.29, 1.82) is 0 Å². The summed E-state index contributed by atoms with van der Waals surface area (Å²) in [5.41, 5.74) is 2.28. The van der Waals surface area contributed by atoms with Gasteiger partial charge in [-0.25, -0.2) is 4.79 Å². The topological polar surface area (TPSA) is 99.0 Å². The average Bonchev–Trinajstić information content (AvgIpc) is 3.11. The van der Waals surface area contributed by atoms with Crippen molar-refractivity contribution in [3.8, 4) is 11.4 Å². The van der Waals surface area contributed by atoms with Crippen molar-refractivity contribution in [2.24, 2.45) is 7.05 Å². The molecule has 0 radical (unpaired) electrons. The molecule has 144 valence electrons. The molecule has 2 heterocycles. The molecular weight excluding hydrogens is 378 g/mol. The van der Waals surface area contributed by atoms with Gasteiger partial charge in [0.1, 0.15) is 0 Å². The zero-order valence-corrected chi connectivity index (χ0v) is 16.3. The minimum atomic E-state index is -0.387. The van der Waals surface area contributed by atoms with Gasteiger partial charge in [0, 0.05) is 31.5 Å². The predicted molar refractivity (Wildman–Crippen MR) is 105 cm³/mol. The molecule has 0 saturated carbocycles. The summed E-state index contributed by atoms with van der Waals surface area (Å²) in [7, 11) is 3.20. The standard InChI is InChI=1S/C19H19N5O3S/c1-24-17(14-7-9-20-10-8-14)22-23-19(24)28-12-16(25)21-11-13-3-5-15(6-4-13)18(26)27-2/h3-10H,11-12H2,1-2H3,(H,21,25). The molecule has 3 rings (SSSR count). The Morgan fingerprint density at radius 2 is 1.82 bits per heavy atom. The lowest BCUT2D eigenvalue weighted by Gasteiger charge is -2.06. The van der Waals surface area contributed by atoms with Gasteiger partial charge in [-0.05, 0) is 29.8 Å². The lowest BCUT2D eigenvalue weighted by Crippen LogP contribution is -2.24. The van der Waals surface area contributed by atoms with Crippen LogP contribution in [0.3, 0.4) is 0 Å². The molecule has 0 aliphatic heterocycles. The Kier molecular flexibility index (Phi) is 6.38. The maximum atomic E-state index is 12.1. The third-order valence-corrected chi connectivity index (χ3v) is 4.99. The molecule has 28 heavy (non-hydrogen) atoms. The number of nitrogens with one attached hydrogen (secondary N) is 1. The van der Waals surface area contributed by atoms with Crippen LogP contribution in [0.25, 0.3) is 11.4 Å². The number of hydrogen-bond acceptors (Lipinski definition) is 7. The normalized spacial score (nSPS) is 10.5. The second-order valence-corrected chi connectivity index (χ2v) is 6.80. The molecule has 0 unspecified atom stereocenters. The largest absolute Gasteiger partial charge is 0.465 e. The van der Waals surface area contributed by atoms with Gasteiger partial charge >= 0.3 is 5.97 Å². The summed E-state index contributed by atoms with van der Waals surface area (Å²) in [6.07, 6.45) is 3.39. The van der Waals surface area contributed by atoms with Crippen molar-refractivity contribution < 1.29 is 14.3 Å². The van der Waals surface area contributed by atoms with E-state index in [-0.39, 0.29) is 17.6 Å². The highest BCUT2D eigenvalue weighted by atomic mass is 32.2. The number of carbonyl (C=O) groups is 2. The van der Waals surface area contributed by atoms with Crippen molar-refractivity contribution >= 4 is 23.6 Å². The SMILES string of the molecule is COC(=O)c1ccc(CNC(=O)CSc2nnc(-c3ccncc3)n2C)cc1. The number of nitrogens with zero attached hydrogens (tertiary/aromatic N) is 4. The molecule has 1 amide bonds. The van der Waals surface area contributed by atoms with E-state index in [1.54, 1.807) is 36.7 Å². The van der Waals surface area contributed by atoms with Crippen molar-refractivity contribution in [3.05, 3.63) is 59.9 Å². The molecular formula is C19H19N5O3S. The van der Waals surface area contributed by atoms with Gasteiger partial charge in [-0.3, -0.25) is 9.78 Å². The smallest absolute Gasteiger partial charge is 0.337 e. The first-order valence-corrected chi connectivity index (χ1v) is 9.43. The number of esters is 1. The Bertz CT molecular complexity index is 957. The number of thioether (sulfide) groups is 1. The summed E-state index contributed by atoms with van der Waals surface area (Å²) in [6, 6.07) is 10.6. The van der Waals surface area contributed by atoms with Gasteiger partial charge in [-0.2, -0.15) is 0 Å². The average molecular weight is 397 g/mol. The highest BCUT2D eigenvalue weighted by Gasteiger charge is 2.13. The number of carbonyl (C=O) groups excluding carboxylic acids is 2. The maximum absolute atomic E-state index is 12.1. The van der Waals surface area contributed by atoms with Crippen LogP contribution in [0.1, 0.15) is 15.9 Å². The fourth-order valence-corrected chi connectivity index (χ4v) is 3.19. The minimum absolute atomic E-state index is 0.115. The molecule has 0 spiro atoms. The van der Waals surface area contributed by atoms with Crippen LogP contribution in [-0.4, -0.2) is 44.5 Å². The predicted octanol–water partition coefficient (Wildman–Crippen LogP) is 2.07. The number of aromatic nitrogens is 4. The van der Waals surface area contributed by atoms with E-state index >= 15 is 0 Å².